The summed E-state index contributed by atoms with van der Waals surface area (Å²) in [4.78, 5) is 18.2. The number of hydrogen-bond donors (Lipinski definition) is 3. The highest BCUT2D eigenvalue weighted by atomic mass is 16.5. The van der Waals surface area contributed by atoms with E-state index in [0.717, 1.165) is 40.9 Å². The van der Waals surface area contributed by atoms with Gasteiger partial charge in [0.25, 0.3) is 5.89 Å². The molecule has 3 N–H and O–H groups in total. The first-order valence-corrected chi connectivity index (χ1v) is 13.0. The normalized spacial score (nSPS) is 12.3. The van der Waals surface area contributed by atoms with Gasteiger partial charge in [0.1, 0.15) is 25.1 Å². The smallest absolute Gasteiger partial charge is 0.258 e. The Morgan fingerprint density at radius 2 is 1.92 bits per heavy atom. The molecule has 0 radical (unpaired) electrons. The SMILES string of the molecule is CCc1cc(-c2noc(-c3cc(C)cc(CN(C)CC(C)C)c3)n2)cc(C)c1OC[C@@H](O)CNC(=O)CO. The molecule has 0 aliphatic heterocycles. The van der Waals surface area contributed by atoms with Gasteiger partial charge < -0.3 is 29.7 Å². The maximum atomic E-state index is 11.2. The standard InChI is InChI=1S/C29H40N4O5/c1-7-22-12-23(10-20(5)27(22)37-17-25(35)13-30-26(36)16-34)28-31-29(38-32-28)24-9-19(4)8-21(11-24)15-33(6)14-18(2)3/h8-12,18,25,34-35H,7,13-17H2,1-6H3,(H,30,36)/t25-/m0/s1. The van der Waals surface area contributed by atoms with Crippen LogP contribution in [0.5, 0.6) is 5.75 Å². The lowest BCUT2D eigenvalue weighted by Crippen LogP contribution is -2.36. The zero-order chi connectivity index (χ0) is 27.8. The number of amides is 1. The summed E-state index contributed by atoms with van der Waals surface area (Å²) >= 11 is 0. The summed E-state index contributed by atoms with van der Waals surface area (Å²) in [5.74, 6) is 1.71. The Kier molecular flexibility index (Phi) is 10.4. The van der Waals surface area contributed by atoms with Crippen LogP contribution >= 0.6 is 0 Å². The molecule has 206 valence electrons. The summed E-state index contributed by atoms with van der Waals surface area (Å²) in [7, 11) is 2.13. The number of hydrogen-bond acceptors (Lipinski definition) is 8. The highest BCUT2D eigenvalue weighted by Crippen LogP contribution is 2.31. The highest BCUT2D eigenvalue weighted by Gasteiger charge is 2.17. The van der Waals surface area contributed by atoms with E-state index in [4.69, 9.17) is 19.4 Å². The van der Waals surface area contributed by atoms with Crippen LogP contribution < -0.4 is 10.1 Å². The fraction of sp³-hybridized carbons (Fsp3) is 0.483. The molecule has 0 saturated carbocycles. The molecule has 0 aliphatic carbocycles. The van der Waals surface area contributed by atoms with Crippen molar-refractivity contribution in [3.63, 3.8) is 0 Å². The van der Waals surface area contributed by atoms with Crippen molar-refractivity contribution < 1.29 is 24.3 Å². The zero-order valence-electron chi connectivity index (χ0n) is 23.2. The van der Waals surface area contributed by atoms with Crippen molar-refractivity contribution in [1.82, 2.24) is 20.4 Å². The van der Waals surface area contributed by atoms with Gasteiger partial charge >= 0.3 is 0 Å². The van der Waals surface area contributed by atoms with E-state index < -0.39 is 18.6 Å². The molecular formula is C29H40N4O5. The molecule has 0 saturated heterocycles. The van der Waals surface area contributed by atoms with E-state index >= 15 is 0 Å². The van der Waals surface area contributed by atoms with Gasteiger partial charge in [0.05, 0.1) is 0 Å². The third-order valence-corrected chi connectivity index (χ3v) is 6.03. The van der Waals surface area contributed by atoms with Crippen LogP contribution in [0.3, 0.4) is 0 Å². The van der Waals surface area contributed by atoms with Crippen LogP contribution in [0.4, 0.5) is 0 Å². The lowest BCUT2D eigenvalue weighted by molar-refractivity contribution is -0.124. The summed E-state index contributed by atoms with van der Waals surface area (Å²) in [5, 5.41) is 25.6. The second-order valence-electron chi connectivity index (χ2n) is 10.3. The second-order valence-corrected chi connectivity index (χ2v) is 10.3. The molecule has 2 aromatic carbocycles. The van der Waals surface area contributed by atoms with Gasteiger partial charge in [-0.3, -0.25) is 4.79 Å². The molecule has 0 fully saturated rings. The van der Waals surface area contributed by atoms with E-state index in [0.29, 0.717) is 29.8 Å². The molecule has 9 heteroatoms. The van der Waals surface area contributed by atoms with E-state index in [1.54, 1.807) is 0 Å². The largest absolute Gasteiger partial charge is 0.490 e. The number of carbonyl (C=O) groups excluding carboxylic acids is 1. The van der Waals surface area contributed by atoms with Gasteiger partial charge in [-0.25, -0.2) is 0 Å². The molecule has 1 atom stereocenters. The van der Waals surface area contributed by atoms with Crippen molar-refractivity contribution in [2.24, 2.45) is 5.92 Å². The number of aromatic nitrogens is 2. The first-order valence-electron chi connectivity index (χ1n) is 13.0. The fourth-order valence-electron chi connectivity index (χ4n) is 4.51. The summed E-state index contributed by atoms with van der Waals surface area (Å²) < 4.78 is 11.6. The van der Waals surface area contributed by atoms with E-state index in [1.165, 1.54) is 5.56 Å². The second kappa shape index (κ2) is 13.5. The maximum absolute atomic E-state index is 11.2. The topological polar surface area (TPSA) is 121 Å². The van der Waals surface area contributed by atoms with Gasteiger partial charge in [-0.05, 0) is 74.2 Å². The third-order valence-electron chi connectivity index (χ3n) is 6.03. The molecule has 0 bridgehead atoms. The number of rotatable bonds is 13. The number of carbonyl (C=O) groups is 1. The van der Waals surface area contributed by atoms with Crippen LogP contribution in [0, 0.1) is 19.8 Å². The number of nitrogens with one attached hydrogen (secondary N) is 1. The van der Waals surface area contributed by atoms with Crippen LogP contribution in [0.2, 0.25) is 0 Å². The van der Waals surface area contributed by atoms with Gasteiger partial charge in [-0.2, -0.15) is 4.98 Å². The molecule has 0 unspecified atom stereocenters. The maximum Gasteiger partial charge on any atom is 0.258 e. The molecule has 1 amide bonds. The minimum atomic E-state index is -0.904. The van der Waals surface area contributed by atoms with Gasteiger partial charge in [-0.1, -0.05) is 37.6 Å². The Hall–Kier alpha value is -3.27. The number of benzene rings is 2. The zero-order valence-corrected chi connectivity index (χ0v) is 23.2. The number of aliphatic hydroxyl groups is 2. The lowest BCUT2D eigenvalue weighted by Gasteiger charge is -2.19. The minimum absolute atomic E-state index is 0.00168. The predicted molar refractivity (Wildman–Crippen MR) is 147 cm³/mol. The Morgan fingerprint density at radius 3 is 2.61 bits per heavy atom. The van der Waals surface area contributed by atoms with Crippen LogP contribution in [-0.4, -0.2) is 70.6 Å². The molecule has 9 nitrogen and oxygen atoms in total. The van der Waals surface area contributed by atoms with E-state index in [2.05, 4.69) is 61.4 Å². The Bertz CT molecular complexity index is 1220. The highest BCUT2D eigenvalue weighted by molar-refractivity contribution is 5.76. The van der Waals surface area contributed by atoms with Crippen LogP contribution in [0.25, 0.3) is 22.8 Å². The van der Waals surface area contributed by atoms with Crippen molar-refractivity contribution in [3.05, 3.63) is 52.6 Å². The van der Waals surface area contributed by atoms with Gasteiger partial charge in [0, 0.05) is 30.8 Å². The molecule has 1 aromatic heterocycles. The van der Waals surface area contributed by atoms with Crippen molar-refractivity contribution in [2.45, 2.75) is 53.7 Å². The number of aryl methyl sites for hydroxylation is 3. The monoisotopic (exact) mass is 524 g/mol. The Labute approximate surface area is 224 Å². The minimum Gasteiger partial charge on any atom is -0.490 e. The Morgan fingerprint density at radius 1 is 1.16 bits per heavy atom. The van der Waals surface area contributed by atoms with Crippen molar-refractivity contribution in [1.29, 1.82) is 0 Å². The molecule has 3 aromatic rings. The van der Waals surface area contributed by atoms with Crippen molar-refractivity contribution in [3.8, 4) is 28.6 Å². The summed E-state index contributed by atoms with van der Waals surface area (Å²) in [6.07, 6.45) is -0.199. The Balaban J connectivity index is 1.77. The van der Waals surface area contributed by atoms with Crippen LogP contribution in [-0.2, 0) is 17.8 Å². The average Bonchev–Trinajstić information content (AvgIpc) is 3.35. The lowest BCUT2D eigenvalue weighted by atomic mass is 10.0. The summed E-state index contributed by atoms with van der Waals surface area (Å²) in [6.45, 7) is 11.7. The van der Waals surface area contributed by atoms with Crippen LogP contribution in [0.15, 0.2) is 34.9 Å². The number of nitrogens with zero attached hydrogens (tertiary/aromatic N) is 3. The van der Waals surface area contributed by atoms with E-state index in [9.17, 15) is 9.90 Å². The first kappa shape index (κ1) is 29.3. The average molecular weight is 525 g/mol. The van der Waals surface area contributed by atoms with E-state index in [1.807, 2.05) is 26.0 Å². The predicted octanol–water partition coefficient (Wildman–Crippen LogP) is 3.52. The third kappa shape index (κ3) is 8.11. The number of aliphatic hydroxyl groups excluding tert-OH is 2. The first-order chi connectivity index (χ1) is 18.1. The van der Waals surface area contributed by atoms with Gasteiger partial charge in [0.15, 0.2) is 0 Å². The van der Waals surface area contributed by atoms with Gasteiger partial charge in [-0.15, -0.1) is 0 Å². The van der Waals surface area contributed by atoms with E-state index in [-0.39, 0.29) is 13.2 Å². The molecule has 0 spiro atoms. The van der Waals surface area contributed by atoms with Crippen LogP contribution in [0.1, 0.15) is 43.0 Å². The van der Waals surface area contributed by atoms with Crippen molar-refractivity contribution >= 4 is 5.91 Å². The summed E-state index contributed by atoms with van der Waals surface area (Å²) in [6, 6.07) is 10.3. The van der Waals surface area contributed by atoms with Gasteiger partial charge in [0.2, 0.25) is 11.7 Å². The molecule has 0 aliphatic rings. The fourth-order valence-corrected chi connectivity index (χ4v) is 4.51. The van der Waals surface area contributed by atoms with Crippen molar-refractivity contribution in [2.75, 3.05) is 33.4 Å². The molecule has 3 rings (SSSR count). The number of ether oxygens (including phenoxy) is 1. The summed E-state index contributed by atoms with van der Waals surface area (Å²) in [5.41, 5.74) is 5.88. The molecular weight excluding hydrogens is 484 g/mol. The quantitative estimate of drug-likeness (QED) is 0.311. The molecule has 1 heterocycles. The molecule has 38 heavy (non-hydrogen) atoms.